The molecule has 0 spiro atoms. The first-order chi connectivity index (χ1) is 6.70. The minimum absolute atomic E-state index is 0.0983. The van der Waals surface area contributed by atoms with Gasteiger partial charge in [-0.05, 0) is 18.2 Å². The smallest absolute Gasteiger partial charge is 0.251 e. The van der Waals surface area contributed by atoms with E-state index in [1.54, 1.807) is 25.2 Å². The molecule has 1 amide bonds. The van der Waals surface area contributed by atoms with Crippen molar-refractivity contribution in [3.8, 4) is 0 Å². The Hall–Kier alpha value is -1.62. The molecule has 0 aliphatic heterocycles. The lowest BCUT2D eigenvalue weighted by Gasteiger charge is -1.97. The van der Waals surface area contributed by atoms with E-state index in [2.05, 4.69) is 10.3 Å². The molecular weight excluding hydrogens is 198 g/mol. The van der Waals surface area contributed by atoms with Gasteiger partial charge in [-0.3, -0.25) is 4.79 Å². The van der Waals surface area contributed by atoms with Crippen LogP contribution in [0.1, 0.15) is 10.4 Å². The lowest BCUT2D eigenvalue weighted by Crippen LogP contribution is -2.17. The van der Waals surface area contributed by atoms with E-state index in [1.807, 2.05) is 0 Å². The quantitative estimate of drug-likeness (QED) is 0.739. The van der Waals surface area contributed by atoms with Crippen molar-refractivity contribution in [1.29, 1.82) is 0 Å². The molecule has 0 unspecified atom stereocenters. The average Bonchev–Trinajstić information content (AvgIpc) is 2.55. The van der Waals surface area contributed by atoms with E-state index in [4.69, 9.17) is 5.73 Å². The molecule has 1 aromatic carbocycles. The number of amides is 1. The van der Waals surface area contributed by atoms with Crippen molar-refractivity contribution >= 4 is 32.6 Å². The summed E-state index contributed by atoms with van der Waals surface area (Å²) in [4.78, 5) is 15.4. The molecule has 0 fully saturated rings. The van der Waals surface area contributed by atoms with Gasteiger partial charge in [0.1, 0.15) is 0 Å². The van der Waals surface area contributed by atoms with Gasteiger partial charge in [0, 0.05) is 12.6 Å². The molecule has 0 bridgehead atoms. The number of carbonyl (C=O) groups excluding carboxylic acids is 1. The molecule has 0 atom stereocenters. The minimum atomic E-state index is -0.0983. The number of nitrogens with two attached hydrogens (primary N) is 1. The number of thiazole rings is 1. The number of benzene rings is 1. The second-order valence-corrected chi connectivity index (χ2v) is 3.88. The molecule has 0 radical (unpaired) electrons. The van der Waals surface area contributed by atoms with Gasteiger partial charge in [0.25, 0.3) is 5.91 Å². The Labute approximate surface area is 84.8 Å². The maximum Gasteiger partial charge on any atom is 0.251 e. The van der Waals surface area contributed by atoms with Gasteiger partial charge in [-0.2, -0.15) is 0 Å². The van der Waals surface area contributed by atoms with Gasteiger partial charge in [-0.1, -0.05) is 11.3 Å². The zero-order valence-corrected chi connectivity index (χ0v) is 8.39. The molecule has 72 valence electrons. The molecule has 4 nitrogen and oxygen atoms in total. The van der Waals surface area contributed by atoms with E-state index in [0.717, 1.165) is 10.2 Å². The zero-order chi connectivity index (χ0) is 10.1. The fourth-order valence-electron chi connectivity index (χ4n) is 1.23. The van der Waals surface area contributed by atoms with Crippen LogP contribution in [0.4, 0.5) is 5.13 Å². The molecule has 0 aliphatic rings. The highest BCUT2D eigenvalue weighted by Gasteiger charge is 2.06. The Bertz CT molecular complexity index is 492. The van der Waals surface area contributed by atoms with Crippen LogP contribution >= 0.6 is 11.3 Å². The van der Waals surface area contributed by atoms with Crippen molar-refractivity contribution in [1.82, 2.24) is 10.3 Å². The van der Waals surface area contributed by atoms with E-state index >= 15 is 0 Å². The van der Waals surface area contributed by atoms with Crippen LogP contribution in [-0.4, -0.2) is 17.9 Å². The van der Waals surface area contributed by atoms with E-state index in [9.17, 15) is 4.79 Å². The summed E-state index contributed by atoms with van der Waals surface area (Å²) in [7, 11) is 1.60. The standard InChI is InChI=1S/C9H9N3OS/c1-11-8(13)5-2-3-6-7(4-5)14-9(10)12-6/h2-4H,1H3,(H2,10,12)(H,11,13). The fraction of sp³-hybridized carbons (Fsp3) is 0.111. The molecule has 14 heavy (non-hydrogen) atoms. The number of hydrogen-bond acceptors (Lipinski definition) is 4. The number of fused-ring (bicyclic) bond motifs is 1. The Kier molecular flexibility index (Phi) is 2.09. The third-order valence-corrected chi connectivity index (χ3v) is 2.74. The van der Waals surface area contributed by atoms with Gasteiger partial charge in [0.05, 0.1) is 10.2 Å². The Balaban J connectivity index is 2.55. The molecular formula is C9H9N3OS. The Morgan fingerprint density at radius 1 is 1.57 bits per heavy atom. The summed E-state index contributed by atoms with van der Waals surface area (Å²) in [6.07, 6.45) is 0. The molecule has 2 aromatic rings. The van der Waals surface area contributed by atoms with Crippen LogP contribution in [0.2, 0.25) is 0 Å². The molecule has 1 heterocycles. The minimum Gasteiger partial charge on any atom is -0.375 e. The summed E-state index contributed by atoms with van der Waals surface area (Å²) in [5, 5.41) is 3.09. The SMILES string of the molecule is CNC(=O)c1ccc2nc(N)sc2c1. The van der Waals surface area contributed by atoms with Crippen molar-refractivity contribution < 1.29 is 4.79 Å². The summed E-state index contributed by atoms with van der Waals surface area (Å²) >= 11 is 1.38. The summed E-state index contributed by atoms with van der Waals surface area (Å²) in [6, 6.07) is 5.33. The Morgan fingerprint density at radius 2 is 2.36 bits per heavy atom. The lowest BCUT2D eigenvalue weighted by atomic mass is 10.2. The van der Waals surface area contributed by atoms with Crippen molar-refractivity contribution in [3.63, 3.8) is 0 Å². The highest BCUT2D eigenvalue weighted by Crippen LogP contribution is 2.24. The molecule has 5 heteroatoms. The maximum atomic E-state index is 11.3. The second-order valence-electron chi connectivity index (χ2n) is 2.81. The summed E-state index contributed by atoms with van der Waals surface area (Å²) in [6.45, 7) is 0. The molecule has 1 aromatic heterocycles. The molecule has 3 N–H and O–H groups in total. The van der Waals surface area contributed by atoms with Crippen LogP contribution in [0.15, 0.2) is 18.2 Å². The Morgan fingerprint density at radius 3 is 3.07 bits per heavy atom. The number of rotatable bonds is 1. The molecule has 0 aliphatic carbocycles. The normalized spacial score (nSPS) is 10.4. The average molecular weight is 207 g/mol. The number of carbonyl (C=O) groups is 1. The lowest BCUT2D eigenvalue weighted by molar-refractivity contribution is 0.0963. The van der Waals surface area contributed by atoms with Crippen LogP contribution in [0.25, 0.3) is 10.2 Å². The van der Waals surface area contributed by atoms with Crippen LogP contribution in [-0.2, 0) is 0 Å². The second kappa shape index (κ2) is 3.26. The largest absolute Gasteiger partial charge is 0.375 e. The van der Waals surface area contributed by atoms with Gasteiger partial charge in [-0.15, -0.1) is 0 Å². The van der Waals surface area contributed by atoms with E-state index in [1.165, 1.54) is 11.3 Å². The topological polar surface area (TPSA) is 68.0 Å². The summed E-state index contributed by atoms with van der Waals surface area (Å²) in [5.74, 6) is -0.0983. The van der Waals surface area contributed by atoms with Crippen LogP contribution in [0, 0.1) is 0 Å². The third kappa shape index (κ3) is 1.42. The van der Waals surface area contributed by atoms with Crippen LogP contribution in [0.5, 0.6) is 0 Å². The predicted molar refractivity (Wildman–Crippen MR) is 57.4 cm³/mol. The van der Waals surface area contributed by atoms with Gasteiger partial charge < -0.3 is 11.1 Å². The summed E-state index contributed by atoms with van der Waals surface area (Å²) < 4.78 is 0.934. The number of anilines is 1. The highest BCUT2D eigenvalue weighted by molar-refractivity contribution is 7.22. The highest BCUT2D eigenvalue weighted by atomic mass is 32.1. The summed E-state index contributed by atoms with van der Waals surface area (Å²) in [5.41, 5.74) is 7.02. The van der Waals surface area contributed by atoms with Gasteiger partial charge in [0.2, 0.25) is 0 Å². The van der Waals surface area contributed by atoms with Gasteiger partial charge in [-0.25, -0.2) is 4.98 Å². The van der Waals surface area contributed by atoms with Crippen molar-refractivity contribution in [2.75, 3.05) is 12.8 Å². The fourth-order valence-corrected chi connectivity index (χ4v) is 2.00. The van der Waals surface area contributed by atoms with Crippen LogP contribution < -0.4 is 11.1 Å². The number of nitrogens with one attached hydrogen (secondary N) is 1. The first kappa shape index (κ1) is 8.96. The monoisotopic (exact) mass is 207 g/mol. The zero-order valence-electron chi connectivity index (χ0n) is 7.57. The molecule has 0 saturated carbocycles. The van der Waals surface area contributed by atoms with Gasteiger partial charge >= 0.3 is 0 Å². The number of hydrogen-bond donors (Lipinski definition) is 2. The number of nitrogen functional groups attached to an aromatic ring is 1. The predicted octanol–water partition coefficient (Wildman–Crippen LogP) is 1.24. The van der Waals surface area contributed by atoms with Gasteiger partial charge in [0.15, 0.2) is 5.13 Å². The maximum absolute atomic E-state index is 11.3. The van der Waals surface area contributed by atoms with Crippen LogP contribution in [0.3, 0.4) is 0 Å². The van der Waals surface area contributed by atoms with E-state index < -0.39 is 0 Å². The van der Waals surface area contributed by atoms with E-state index in [-0.39, 0.29) is 5.91 Å². The molecule has 2 rings (SSSR count). The molecule has 0 saturated heterocycles. The third-order valence-electron chi connectivity index (χ3n) is 1.89. The van der Waals surface area contributed by atoms with Crippen molar-refractivity contribution in [2.24, 2.45) is 0 Å². The first-order valence-corrected chi connectivity index (χ1v) is 4.90. The first-order valence-electron chi connectivity index (χ1n) is 4.09. The van der Waals surface area contributed by atoms with Crippen molar-refractivity contribution in [3.05, 3.63) is 23.8 Å². The van der Waals surface area contributed by atoms with Crippen molar-refractivity contribution in [2.45, 2.75) is 0 Å². The number of aromatic nitrogens is 1. The van der Waals surface area contributed by atoms with E-state index in [0.29, 0.717) is 10.7 Å². The number of nitrogens with zero attached hydrogens (tertiary/aromatic N) is 1.